The second kappa shape index (κ2) is 9.81. The van der Waals surface area contributed by atoms with Crippen LogP contribution in [0.25, 0.3) is 0 Å². The van der Waals surface area contributed by atoms with Gasteiger partial charge >= 0.3 is 6.03 Å². The van der Waals surface area contributed by atoms with E-state index in [1.807, 2.05) is 54.6 Å². The summed E-state index contributed by atoms with van der Waals surface area (Å²) in [6.45, 7) is 2.82. The Kier molecular flexibility index (Phi) is 7.44. The Labute approximate surface area is 152 Å². The Bertz CT molecular complexity index is 707. The lowest BCUT2D eigenvalue weighted by molar-refractivity contribution is -0.122. The number of amides is 3. The maximum atomic E-state index is 12.5. The van der Waals surface area contributed by atoms with Gasteiger partial charge in [-0.25, -0.2) is 4.79 Å². The highest BCUT2D eigenvalue weighted by Gasteiger charge is 2.21. The van der Waals surface area contributed by atoms with Crippen LogP contribution in [0.4, 0.5) is 4.79 Å². The Hall–Kier alpha value is -2.37. The van der Waals surface area contributed by atoms with Crippen molar-refractivity contribution in [2.24, 2.45) is 0 Å². The predicted octanol–water partition coefficient (Wildman–Crippen LogP) is 3.06. The average molecular weight is 360 g/mol. The minimum Gasteiger partial charge on any atom is -0.338 e. The van der Waals surface area contributed by atoms with Crippen molar-refractivity contribution in [2.75, 3.05) is 13.1 Å². The fraction of sp³-hybridized carbons (Fsp3) is 0.263. The molecule has 0 aromatic heterocycles. The van der Waals surface area contributed by atoms with E-state index in [2.05, 4.69) is 16.0 Å². The van der Waals surface area contributed by atoms with Crippen molar-refractivity contribution < 1.29 is 9.59 Å². The van der Waals surface area contributed by atoms with Crippen LogP contribution in [0.1, 0.15) is 24.1 Å². The van der Waals surface area contributed by atoms with Gasteiger partial charge in [0, 0.05) is 18.1 Å². The van der Waals surface area contributed by atoms with Crippen LogP contribution in [0.3, 0.4) is 0 Å². The molecular formula is C19H22ClN3O2. The van der Waals surface area contributed by atoms with Crippen molar-refractivity contribution in [3.8, 4) is 0 Å². The van der Waals surface area contributed by atoms with E-state index in [1.165, 1.54) is 0 Å². The topological polar surface area (TPSA) is 70.2 Å². The standard InChI is InChI=1S/C19H22ClN3O2/c1-2-21-19(25)23-18(24)17(15-8-4-3-5-9-15)22-12-11-14-7-6-10-16(20)13-14/h3-10,13,17,22H,2,11-12H2,1H3,(H2,21,23,24,25)/t17-/m1/s1. The van der Waals surface area contributed by atoms with Gasteiger partial charge in [0.1, 0.15) is 6.04 Å². The number of halogens is 1. The molecule has 0 radical (unpaired) electrons. The highest BCUT2D eigenvalue weighted by atomic mass is 35.5. The number of imide groups is 1. The van der Waals surface area contributed by atoms with Crippen LogP contribution in [-0.2, 0) is 11.2 Å². The largest absolute Gasteiger partial charge is 0.338 e. The van der Waals surface area contributed by atoms with E-state index in [9.17, 15) is 9.59 Å². The van der Waals surface area contributed by atoms with Gasteiger partial charge in [-0.1, -0.05) is 54.1 Å². The van der Waals surface area contributed by atoms with Gasteiger partial charge in [0.15, 0.2) is 0 Å². The van der Waals surface area contributed by atoms with Crippen molar-refractivity contribution >= 4 is 23.5 Å². The van der Waals surface area contributed by atoms with Gasteiger partial charge in [-0.15, -0.1) is 0 Å². The highest BCUT2D eigenvalue weighted by Crippen LogP contribution is 2.14. The molecule has 0 bridgehead atoms. The molecule has 5 nitrogen and oxygen atoms in total. The molecule has 0 aliphatic heterocycles. The third-order valence-corrected chi connectivity index (χ3v) is 3.86. The lowest BCUT2D eigenvalue weighted by Crippen LogP contribution is -2.45. The fourth-order valence-corrected chi connectivity index (χ4v) is 2.66. The van der Waals surface area contributed by atoms with Crippen LogP contribution < -0.4 is 16.0 Å². The fourth-order valence-electron chi connectivity index (χ4n) is 2.45. The Morgan fingerprint density at radius 2 is 1.84 bits per heavy atom. The molecule has 0 aliphatic carbocycles. The Balaban J connectivity index is 2.02. The van der Waals surface area contributed by atoms with Crippen molar-refractivity contribution in [1.29, 1.82) is 0 Å². The lowest BCUT2D eigenvalue weighted by Gasteiger charge is -2.18. The summed E-state index contributed by atoms with van der Waals surface area (Å²) in [5, 5.41) is 8.82. The van der Waals surface area contributed by atoms with E-state index in [4.69, 9.17) is 11.6 Å². The first-order valence-electron chi connectivity index (χ1n) is 8.21. The summed E-state index contributed by atoms with van der Waals surface area (Å²) >= 11 is 5.99. The van der Waals surface area contributed by atoms with E-state index in [1.54, 1.807) is 6.92 Å². The zero-order valence-corrected chi connectivity index (χ0v) is 14.8. The number of hydrogen-bond donors (Lipinski definition) is 3. The zero-order valence-electron chi connectivity index (χ0n) is 14.1. The van der Waals surface area contributed by atoms with Crippen LogP contribution in [0.5, 0.6) is 0 Å². The SMILES string of the molecule is CCNC(=O)NC(=O)[C@H](NCCc1cccc(Cl)c1)c1ccccc1. The maximum absolute atomic E-state index is 12.5. The molecule has 3 amide bonds. The minimum absolute atomic E-state index is 0.386. The van der Waals surface area contributed by atoms with E-state index < -0.39 is 12.1 Å². The molecular weight excluding hydrogens is 338 g/mol. The molecule has 25 heavy (non-hydrogen) atoms. The number of nitrogens with one attached hydrogen (secondary N) is 3. The summed E-state index contributed by atoms with van der Waals surface area (Å²) in [6.07, 6.45) is 0.721. The first-order chi connectivity index (χ1) is 12.1. The van der Waals surface area contributed by atoms with Crippen molar-refractivity contribution in [1.82, 2.24) is 16.0 Å². The maximum Gasteiger partial charge on any atom is 0.321 e. The zero-order chi connectivity index (χ0) is 18.1. The van der Waals surface area contributed by atoms with Gasteiger partial charge in [-0.05, 0) is 36.6 Å². The van der Waals surface area contributed by atoms with Gasteiger partial charge in [-0.3, -0.25) is 10.1 Å². The van der Waals surface area contributed by atoms with E-state index in [-0.39, 0.29) is 5.91 Å². The van der Waals surface area contributed by atoms with Crippen LogP contribution in [0.2, 0.25) is 5.02 Å². The molecule has 132 valence electrons. The second-order valence-corrected chi connectivity index (χ2v) is 5.96. The second-order valence-electron chi connectivity index (χ2n) is 5.53. The lowest BCUT2D eigenvalue weighted by atomic mass is 10.1. The molecule has 0 spiro atoms. The summed E-state index contributed by atoms with van der Waals surface area (Å²) < 4.78 is 0. The molecule has 0 fully saturated rings. The van der Waals surface area contributed by atoms with Crippen molar-refractivity contribution in [2.45, 2.75) is 19.4 Å². The monoisotopic (exact) mass is 359 g/mol. The highest BCUT2D eigenvalue weighted by molar-refractivity contribution is 6.30. The average Bonchev–Trinajstić information content (AvgIpc) is 2.59. The molecule has 0 heterocycles. The minimum atomic E-state index is -0.608. The van der Waals surface area contributed by atoms with E-state index in [0.717, 1.165) is 17.5 Å². The number of carbonyl (C=O) groups is 2. The molecule has 1 atom stereocenters. The number of rotatable bonds is 7. The molecule has 3 N–H and O–H groups in total. The quantitative estimate of drug-likeness (QED) is 0.711. The Morgan fingerprint density at radius 1 is 1.08 bits per heavy atom. The van der Waals surface area contributed by atoms with Gasteiger partial charge < -0.3 is 10.6 Å². The number of carbonyl (C=O) groups excluding carboxylic acids is 2. The first-order valence-corrected chi connectivity index (χ1v) is 8.59. The summed E-state index contributed by atoms with van der Waals surface area (Å²) in [5.41, 5.74) is 1.88. The van der Waals surface area contributed by atoms with Crippen molar-refractivity contribution in [3.05, 3.63) is 70.7 Å². The first kappa shape index (κ1) is 19.0. The smallest absolute Gasteiger partial charge is 0.321 e. The third-order valence-electron chi connectivity index (χ3n) is 3.62. The van der Waals surface area contributed by atoms with Crippen LogP contribution >= 0.6 is 11.6 Å². The van der Waals surface area contributed by atoms with Gasteiger partial charge in [0.2, 0.25) is 5.91 Å². The molecule has 0 aliphatic rings. The molecule has 2 aromatic rings. The molecule has 2 aromatic carbocycles. The third kappa shape index (κ3) is 6.21. The molecule has 0 saturated carbocycles. The summed E-state index contributed by atoms with van der Waals surface area (Å²) in [5.74, 6) is -0.386. The van der Waals surface area contributed by atoms with Crippen LogP contribution in [-0.4, -0.2) is 25.0 Å². The number of benzene rings is 2. The summed E-state index contributed by atoms with van der Waals surface area (Å²) in [6, 6.07) is 15.8. The van der Waals surface area contributed by atoms with Crippen LogP contribution in [0, 0.1) is 0 Å². The number of urea groups is 1. The number of hydrogen-bond acceptors (Lipinski definition) is 3. The molecule has 6 heteroatoms. The Morgan fingerprint density at radius 3 is 2.52 bits per heavy atom. The van der Waals surface area contributed by atoms with Gasteiger partial charge in [0.05, 0.1) is 0 Å². The summed E-state index contributed by atoms with van der Waals surface area (Å²) in [4.78, 5) is 24.1. The normalized spacial score (nSPS) is 11.6. The predicted molar refractivity (Wildman–Crippen MR) is 99.6 cm³/mol. The molecule has 0 saturated heterocycles. The van der Waals surface area contributed by atoms with Gasteiger partial charge in [0.25, 0.3) is 0 Å². The van der Waals surface area contributed by atoms with E-state index in [0.29, 0.717) is 18.1 Å². The van der Waals surface area contributed by atoms with E-state index >= 15 is 0 Å². The van der Waals surface area contributed by atoms with Crippen LogP contribution in [0.15, 0.2) is 54.6 Å². The van der Waals surface area contributed by atoms with Gasteiger partial charge in [-0.2, -0.15) is 0 Å². The van der Waals surface area contributed by atoms with Crippen molar-refractivity contribution in [3.63, 3.8) is 0 Å². The molecule has 2 rings (SSSR count). The summed E-state index contributed by atoms with van der Waals surface area (Å²) in [7, 11) is 0. The molecule has 0 unspecified atom stereocenters.